The fourth-order valence-electron chi connectivity index (χ4n) is 3.12. The SMILES string of the molecule is CN1[C@H]2[C@@H](CN1CC(C)(C)C(=O)OC(C)(C)C)NCC2(F)F. The number of nitrogens with one attached hydrogen (secondary N) is 1. The van der Waals surface area contributed by atoms with E-state index in [2.05, 4.69) is 5.32 Å². The summed E-state index contributed by atoms with van der Waals surface area (Å²) in [4.78, 5) is 12.3. The van der Waals surface area contributed by atoms with Crippen molar-refractivity contribution in [2.75, 3.05) is 26.7 Å². The quantitative estimate of drug-likeness (QED) is 0.799. The van der Waals surface area contributed by atoms with E-state index in [1.165, 1.54) is 0 Å². The molecule has 0 spiro atoms. The Morgan fingerprint density at radius 3 is 2.41 bits per heavy atom. The maximum absolute atomic E-state index is 13.9. The van der Waals surface area contributed by atoms with Crippen LogP contribution in [-0.2, 0) is 9.53 Å². The molecule has 22 heavy (non-hydrogen) atoms. The van der Waals surface area contributed by atoms with Gasteiger partial charge in [-0.25, -0.2) is 18.8 Å². The van der Waals surface area contributed by atoms with Crippen molar-refractivity contribution in [3.05, 3.63) is 0 Å². The van der Waals surface area contributed by atoms with E-state index in [0.29, 0.717) is 13.1 Å². The molecular formula is C15H27F2N3O2. The monoisotopic (exact) mass is 319 g/mol. The van der Waals surface area contributed by atoms with E-state index in [-0.39, 0.29) is 18.6 Å². The van der Waals surface area contributed by atoms with Crippen LogP contribution in [0.25, 0.3) is 0 Å². The zero-order valence-electron chi connectivity index (χ0n) is 14.2. The highest BCUT2D eigenvalue weighted by Gasteiger charge is 2.57. The molecule has 2 heterocycles. The lowest BCUT2D eigenvalue weighted by Crippen LogP contribution is -2.51. The van der Waals surface area contributed by atoms with E-state index in [0.717, 1.165) is 0 Å². The Morgan fingerprint density at radius 1 is 1.32 bits per heavy atom. The van der Waals surface area contributed by atoms with Gasteiger partial charge in [-0.1, -0.05) is 0 Å². The molecule has 0 radical (unpaired) electrons. The zero-order chi connectivity index (χ0) is 16.9. The number of nitrogens with zero attached hydrogens (tertiary/aromatic N) is 2. The highest BCUT2D eigenvalue weighted by atomic mass is 19.3. The van der Waals surface area contributed by atoms with E-state index in [1.54, 1.807) is 25.9 Å². The molecule has 0 amide bonds. The maximum atomic E-state index is 13.9. The molecule has 0 aromatic carbocycles. The molecule has 1 N–H and O–H groups in total. The van der Waals surface area contributed by atoms with Crippen LogP contribution in [0.2, 0.25) is 0 Å². The molecule has 2 rings (SSSR count). The zero-order valence-corrected chi connectivity index (χ0v) is 14.2. The van der Waals surface area contributed by atoms with E-state index >= 15 is 0 Å². The van der Waals surface area contributed by atoms with Gasteiger partial charge in [0.1, 0.15) is 11.6 Å². The summed E-state index contributed by atoms with van der Waals surface area (Å²) < 4.78 is 33.3. The van der Waals surface area contributed by atoms with Crippen molar-refractivity contribution in [2.45, 2.75) is 58.2 Å². The molecular weight excluding hydrogens is 292 g/mol. The highest BCUT2D eigenvalue weighted by Crippen LogP contribution is 2.36. The average Bonchev–Trinajstić information content (AvgIpc) is 2.76. The van der Waals surface area contributed by atoms with Gasteiger partial charge in [-0.2, -0.15) is 0 Å². The summed E-state index contributed by atoms with van der Waals surface area (Å²) in [6.07, 6.45) is 0. The lowest BCUT2D eigenvalue weighted by atomic mass is 9.93. The van der Waals surface area contributed by atoms with Crippen molar-refractivity contribution in [3.8, 4) is 0 Å². The first-order chi connectivity index (χ1) is 9.83. The molecule has 7 heteroatoms. The summed E-state index contributed by atoms with van der Waals surface area (Å²) in [5.74, 6) is -3.06. The number of alkyl halides is 2. The Morgan fingerprint density at radius 2 is 1.91 bits per heavy atom. The highest BCUT2D eigenvalue weighted by molar-refractivity contribution is 5.76. The number of hydrogen-bond donors (Lipinski definition) is 1. The third kappa shape index (κ3) is 3.41. The van der Waals surface area contributed by atoms with Gasteiger partial charge >= 0.3 is 5.97 Å². The number of fused-ring (bicyclic) bond motifs is 1. The second kappa shape index (κ2) is 5.39. The Labute approximate surface area is 130 Å². The second-order valence-corrected chi connectivity index (χ2v) is 8.00. The van der Waals surface area contributed by atoms with Crippen LogP contribution in [0, 0.1) is 5.41 Å². The number of rotatable bonds is 3. The molecule has 2 aliphatic heterocycles. The minimum Gasteiger partial charge on any atom is -0.460 e. The molecule has 2 fully saturated rings. The molecule has 0 aliphatic carbocycles. The first kappa shape index (κ1) is 17.6. The van der Waals surface area contributed by atoms with Gasteiger partial charge in [-0.05, 0) is 34.6 Å². The lowest BCUT2D eigenvalue weighted by molar-refractivity contribution is -0.170. The average molecular weight is 319 g/mol. The van der Waals surface area contributed by atoms with E-state index in [9.17, 15) is 13.6 Å². The summed E-state index contributed by atoms with van der Waals surface area (Å²) in [5.41, 5.74) is -1.33. The number of ether oxygens (including phenoxy) is 1. The van der Waals surface area contributed by atoms with Gasteiger partial charge in [0.05, 0.1) is 12.0 Å². The fraction of sp³-hybridized carbons (Fsp3) is 0.933. The molecule has 2 aliphatic rings. The van der Waals surface area contributed by atoms with Gasteiger partial charge < -0.3 is 10.1 Å². The van der Waals surface area contributed by atoms with Crippen LogP contribution in [0.15, 0.2) is 0 Å². The smallest absolute Gasteiger partial charge is 0.313 e. The first-order valence-electron chi connectivity index (χ1n) is 7.66. The molecule has 5 nitrogen and oxygen atoms in total. The van der Waals surface area contributed by atoms with Crippen LogP contribution in [-0.4, -0.2) is 66.3 Å². The van der Waals surface area contributed by atoms with Crippen molar-refractivity contribution >= 4 is 5.97 Å². The predicted molar refractivity (Wildman–Crippen MR) is 79.5 cm³/mol. The number of hydrazine groups is 1. The molecule has 0 saturated carbocycles. The van der Waals surface area contributed by atoms with Crippen molar-refractivity contribution in [1.82, 2.24) is 15.3 Å². The van der Waals surface area contributed by atoms with Crippen molar-refractivity contribution in [1.29, 1.82) is 0 Å². The Hall–Kier alpha value is -0.790. The number of halogens is 2. The van der Waals surface area contributed by atoms with Crippen LogP contribution in [0.3, 0.4) is 0 Å². The molecule has 0 bridgehead atoms. The normalized spacial score (nSPS) is 29.6. The minimum atomic E-state index is -2.75. The van der Waals surface area contributed by atoms with E-state index in [1.807, 2.05) is 25.8 Å². The second-order valence-electron chi connectivity index (χ2n) is 8.00. The Balaban J connectivity index is 2.04. The maximum Gasteiger partial charge on any atom is 0.313 e. The van der Waals surface area contributed by atoms with Gasteiger partial charge in [0, 0.05) is 26.2 Å². The third-order valence-corrected chi connectivity index (χ3v) is 4.20. The molecule has 2 atom stereocenters. The van der Waals surface area contributed by atoms with Gasteiger partial charge in [0.2, 0.25) is 0 Å². The van der Waals surface area contributed by atoms with E-state index in [4.69, 9.17) is 4.74 Å². The molecule has 0 aromatic heterocycles. The van der Waals surface area contributed by atoms with Crippen LogP contribution in [0.4, 0.5) is 8.78 Å². The van der Waals surface area contributed by atoms with E-state index < -0.39 is 23.0 Å². The number of esters is 1. The summed E-state index contributed by atoms with van der Waals surface area (Å²) in [6.45, 7) is 9.57. The van der Waals surface area contributed by atoms with Crippen LogP contribution >= 0.6 is 0 Å². The number of carbonyl (C=O) groups is 1. The summed E-state index contributed by atoms with van der Waals surface area (Å²) in [5, 5.41) is 6.27. The number of likely N-dealkylation sites (N-methyl/N-ethyl adjacent to an activating group) is 1. The first-order valence-corrected chi connectivity index (χ1v) is 7.66. The van der Waals surface area contributed by atoms with Gasteiger partial charge in [0.25, 0.3) is 5.92 Å². The molecule has 0 aromatic rings. The molecule has 0 unspecified atom stereocenters. The molecule has 128 valence electrons. The fourth-order valence-corrected chi connectivity index (χ4v) is 3.12. The number of carbonyl (C=O) groups excluding carboxylic acids is 1. The number of hydrogen-bond acceptors (Lipinski definition) is 5. The van der Waals surface area contributed by atoms with Gasteiger partial charge in [-0.15, -0.1) is 0 Å². The van der Waals surface area contributed by atoms with Crippen molar-refractivity contribution in [3.63, 3.8) is 0 Å². The van der Waals surface area contributed by atoms with Crippen LogP contribution < -0.4 is 5.32 Å². The van der Waals surface area contributed by atoms with Crippen molar-refractivity contribution in [2.24, 2.45) is 5.41 Å². The summed E-state index contributed by atoms with van der Waals surface area (Å²) in [7, 11) is 1.66. The summed E-state index contributed by atoms with van der Waals surface area (Å²) >= 11 is 0. The standard InChI is InChI=1S/C15H27F2N3O2/c1-13(2,3)22-12(21)14(4,5)9-20-7-10-11(19(20)6)15(16,17)8-18-10/h10-11,18H,7-9H2,1-6H3/t10-,11+/m1/s1. The van der Waals surface area contributed by atoms with Crippen LogP contribution in [0.1, 0.15) is 34.6 Å². The van der Waals surface area contributed by atoms with Gasteiger partial charge in [-0.3, -0.25) is 4.79 Å². The van der Waals surface area contributed by atoms with Gasteiger partial charge in [0.15, 0.2) is 0 Å². The summed E-state index contributed by atoms with van der Waals surface area (Å²) in [6, 6.07) is -1.11. The third-order valence-electron chi connectivity index (χ3n) is 4.20. The molecule has 2 saturated heterocycles. The van der Waals surface area contributed by atoms with Crippen LogP contribution in [0.5, 0.6) is 0 Å². The van der Waals surface area contributed by atoms with Crippen molar-refractivity contribution < 1.29 is 18.3 Å². The Kier molecular flexibility index (Phi) is 4.30. The lowest BCUT2D eigenvalue weighted by Gasteiger charge is -2.36. The minimum absolute atomic E-state index is 0.269. The topological polar surface area (TPSA) is 44.8 Å². The predicted octanol–water partition coefficient (Wildman–Crippen LogP) is 1.49. The Bertz CT molecular complexity index is 449. The largest absolute Gasteiger partial charge is 0.460 e.